The zero-order chi connectivity index (χ0) is 18.1. The highest BCUT2D eigenvalue weighted by Gasteiger charge is 2.33. The Labute approximate surface area is 167 Å². The Hall–Kier alpha value is -1.15. The third kappa shape index (κ3) is 4.00. The molecule has 0 radical (unpaired) electrons. The highest BCUT2D eigenvalue weighted by molar-refractivity contribution is 9.10. The van der Waals surface area contributed by atoms with Crippen molar-refractivity contribution >= 4 is 68.2 Å². The highest BCUT2D eigenvalue weighted by atomic mass is 79.9. The summed E-state index contributed by atoms with van der Waals surface area (Å²) in [6.07, 6.45) is -0.118. The molecule has 3 rings (SSSR count). The van der Waals surface area contributed by atoms with Crippen LogP contribution in [0.25, 0.3) is 0 Å². The molecule has 2 aromatic rings. The molecule has 1 unspecified atom stereocenters. The maximum Gasteiger partial charge on any atom is 0.304 e. The van der Waals surface area contributed by atoms with E-state index in [0.717, 1.165) is 10.6 Å². The molecule has 1 atom stereocenters. The Morgan fingerprint density at radius 2 is 2.16 bits per heavy atom. The van der Waals surface area contributed by atoms with Crippen molar-refractivity contribution in [2.45, 2.75) is 23.1 Å². The molecule has 2 aromatic carbocycles. The van der Waals surface area contributed by atoms with Gasteiger partial charge in [0.15, 0.2) is 0 Å². The minimum absolute atomic E-state index is 0.118. The molecule has 0 saturated heterocycles. The van der Waals surface area contributed by atoms with E-state index in [1.165, 1.54) is 17.8 Å². The van der Waals surface area contributed by atoms with Crippen LogP contribution in [0.2, 0.25) is 5.02 Å². The molecule has 0 aliphatic carbocycles. The summed E-state index contributed by atoms with van der Waals surface area (Å²) in [7, 11) is 0. The zero-order valence-electron chi connectivity index (χ0n) is 12.7. The number of hydrogen-bond donors (Lipinski definition) is 1. The Morgan fingerprint density at radius 3 is 2.84 bits per heavy atom. The monoisotopic (exact) mass is 459 g/mol. The van der Waals surface area contributed by atoms with E-state index in [-0.39, 0.29) is 18.8 Å². The molecule has 0 amide bonds. The normalized spacial score (nSPS) is 16.7. The minimum atomic E-state index is -0.940. The van der Waals surface area contributed by atoms with Crippen LogP contribution in [0.3, 0.4) is 0 Å². The third-order valence-corrected chi connectivity index (χ3v) is 6.66. The quantitative estimate of drug-likeness (QED) is 0.608. The summed E-state index contributed by atoms with van der Waals surface area (Å²) in [6, 6.07) is 10.2. The molecule has 130 valence electrons. The number of nitrogens with zero attached hydrogens (tertiary/aromatic N) is 1. The van der Waals surface area contributed by atoms with Crippen LogP contribution >= 0.6 is 51.5 Å². The number of hydrogen-bond acceptors (Lipinski definition) is 3. The van der Waals surface area contributed by atoms with E-state index in [0.29, 0.717) is 20.0 Å². The number of carbonyl (C=O) groups is 1. The summed E-state index contributed by atoms with van der Waals surface area (Å²) in [6.45, 7) is 0.210. The van der Waals surface area contributed by atoms with Crippen LogP contribution in [0.4, 0.5) is 10.1 Å². The molecular formula is C17H12BrClFNO2S2. The van der Waals surface area contributed by atoms with Crippen molar-refractivity contribution in [2.75, 3.05) is 4.90 Å². The van der Waals surface area contributed by atoms with Crippen molar-refractivity contribution < 1.29 is 14.3 Å². The van der Waals surface area contributed by atoms with Gasteiger partial charge in [0, 0.05) is 10.0 Å². The standard InChI is InChI=1S/C17H12BrClFNO2S2/c18-10-5-4-9(12(20)6-10)8-21-13-3-1-2-11(19)16(13)25-14(17(21)24)7-15(22)23/h1-6,14H,7-8H2,(H,22,23). The van der Waals surface area contributed by atoms with E-state index in [9.17, 15) is 9.18 Å². The molecule has 0 saturated carbocycles. The van der Waals surface area contributed by atoms with E-state index in [1.54, 1.807) is 29.2 Å². The summed E-state index contributed by atoms with van der Waals surface area (Å²) < 4.78 is 14.9. The second-order valence-corrected chi connectivity index (χ2v) is 8.41. The maximum atomic E-state index is 14.3. The molecule has 1 aliphatic rings. The molecule has 0 bridgehead atoms. The van der Waals surface area contributed by atoms with Crippen LogP contribution in [-0.2, 0) is 11.3 Å². The number of halogens is 3. The van der Waals surface area contributed by atoms with Gasteiger partial charge >= 0.3 is 5.97 Å². The van der Waals surface area contributed by atoms with Crippen molar-refractivity contribution in [2.24, 2.45) is 0 Å². The molecule has 1 aliphatic heterocycles. The number of thioether (sulfide) groups is 1. The van der Waals surface area contributed by atoms with Gasteiger partial charge in [-0.05, 0) is 24.3 Å². The maximum absolute atomic E-state index is 14.3. The predicted octanol–water partition coefficient (Wildman–Crippen LogP) is 5.52. The van der Waals surface area contributed by atoms with E-state index >= 15 is 0 Å². The van der Waals surface area contributed by atoms with E-state index < -0.39 is 11.2 Å². The fourth-order valence-corrected chi connectivity index (χ4v) is 4.83. The van der Waals surface area contributed by atoms with Gasteiger partial charge in [-0.2, -0.15) is 0 Å². The van der Waals surface area contributed by atoms with Crippen LogP contribution in [-0.4, -0.2) is 21.3 Å². The van der Waals surface area contributed by atoms with Crippen molar-refractivity contribution in [1.29, 1.82) is 0 Å². The van der Waals surface area contributed by atoms with Crippen LogP contribution < -0.4 is 4.90 Å². The van der Waals surface area contributed by atoms with Gasteiger partial charge in [0.2, 0.25) is 0 Å². The molecule has 1 heterocycles. The van der Waals surface area contributed by atoms with Crippen molar-refractivity contribution in [1.82, 2.24) is 0 Å². The van der Waals surface area contributed by atoms with Crippen molar-refractivity contribution in [3.63, 3.8) is 0 Å². The van der Waals surface area contributed by atoms with Gasteiger partial charge in [0.1, 0.15) is 5.82 Å². The number of benzene rings is 2. The minimum Gasteiger partial charge on any atom is -0.481 e. The number of aliphatic carboxylic acids is 1. The number of thiocarbonyl (C=S) groups is 1. The van der Waals surface area contributed by atoms with E-state index in [2.05, 4.69) is 15.9 Å². The van der Waals surface area contributed by atoms with E-state index in [1.807, 2.05) is 6.07 Å². The molecule has 0 spiro atoms. The molecule has 0 fully saturated rings. The fraction of sp³-hybridized carbons (Fsp3) is 0.176. The lowest BCUT2D eigenvalue weighted by atomic mass is 10.1. The summed E-state index contributed by atoms with van der Waals surface area (Å²) >= 11 is 16.4. The van der Waals surface area contributed by atoms with Gasteiger partial charge in [-0.3, -0.25) is 4.79 Å². The van der Waals surface area contributed by atoms with Gasteiger partial charge in [-0.15, -0.1) is 11.8 Å². The molecule has 8 heteroatoms. The van der Waals surface area contributed by atoms with Crippen molar-refractivity contribution in [3.05, 3.63) is 57.3 Å². The van der Waals surface area contributed by atoms with Crippen LogP contribution in [0.5, 0.6) is 0 Å². The number of fused-ring (bicyclic) bond motifs is 1. The first-order valence-electron chi connectivity index (χ1n) is 7.29. The zero-order valence-corrected chi connectivity index (χ0v) is 16.7. The topological polar surface area (TPSA) is 40.5 Å². The first-order valence-corrected chi connectivity index (χ1v) is 9.75. The van der Waals surface area contributed by atoms with Crippen molar-refractivity contribution in [3.8, 4) is 0 Å². The van der Waals surface area contributed by atoms with Crippen LogP contribution in [0, 0.1) is 5.82 Å². The van der Waals surface area contributed by atoms with Crippen LogP contribution in [0.1, 0.15) is 12.0 Å². The first kappa shape index (κ1) is 18.6. The lowest BCUT2D eigenvalue weighted by molar-refractivity contribution is -0.136. The SMILES string of the molecule is O=C(O)CC1Sc2c(Cl)cccc2N(Cc2ccc(Br)cc2F)C1=S. The molecule has 3 nitrogen and oxygen atoms in total. The average Bonchev–Trinajstić information content (AvgIpc) is 2.54. The second-order valence-electron chi connectivity index (χ2n) is 5.45. The number of anilines is 1. The third-order valence-electron chi connectivity index (χ3n) is 3.74. The Bertz CT molecular complexity index is 865. The largest absolute Gasteiger partial charge is 0.481 e. The lowest BCUT2D eigenvalue weighted by Gasteiger charge is -2.36. The Morgan fingerprint density at radius 1 is 1.40 bits per heavy atom. The first-order chi connectivity index (χ1) is 11.9. The smallest absolute Gasteiger partial charge is 0.304 e. The molecule has 25 heavy (non-hydrogen) atoms. The second kappa shape index (κ2) is 7.61. The van der Waals surface area contributed by atoms with Crippen LogP contribution in [0.15, 0.2) is 45.8 Å². The van der Waals surface area contributed by atoms with E-state index in [4.69, 9.17) is 28.9 Å². The number of carboxylic acids is 1. The number of carboxylic acid groups (broad SMARTS) is 1. The summed E-state index contributed by atoms with van der Waals surface area (Å²) in [5, 5.41) is 9.26. The average molecular weight is 461 g/mol. The lowest BCUT2D eigenvalue weighted by Crippen LogP contribution is -2.40. The summed E-state index contributed by atoms with van der Waals surface area (Å²) in [4.78, 5) is 14.2. The summed E-state index contributed by atoms with van der Waals surface area (Å²) in [5.74, 6) is -1.29. The Kier molecular flexibility index (Phi) is 5.68. The van der Waals surface area contributed by atoms with Gasteiger partial charge in [-0.1, -0.05) is 51.9 Å². The van der Waals surface area contributed by atoms with Gasteiger partial charge in [0.05, 0.1) is 38.8 Å². The molecular weight excluding hydrogens is 449 g/mol. The molecule has 1 N–H and O–H groups in total. The van der Waals surface area contributed by atoms with Gasteiger partial charge in [-0.25, -0.2) is 4.39 Å². The summed E-state index contributed by atoms with van der Waals surface area (Å²) in [5.41, 5.74) is 1.24. The van der Waals surface area contributed by atoms with Gasteiger partial charge < -0.3 is 10.0 Å². The fourth-order valence-electron chi connectivity index (χ4n) is 2.58. The Balaban J connectivity index is 2.02. The predicted molar refractivity (Wildman–Crippen MR) is 106 cm³/mol. The molecule has 0 aromatic heterocycles. The number of rotatable bonds is 4. The highest BCUT2D eigenvalue weighted by Crippen LogP contribution is 2.45. The van der Waals surface area contributed by atoms with Gasteiger partial charge in [0.25, 0.3) is 0 Å².